The molecule has 3 rings (SSSR count). The zero-order valence-corrected chi connectivity index (χ0v) is 15.7. The van der Waals surface area contributed by atoms with Crippen molar-refractivity contribution in [2.24, 2.45) is 11.8 Å². The predicted octanol–water partition coefficient (Wildman–Crippen LogP) is 4.22. The highest BCUT2D eigenvalue weighted by atomic mass is 19.2. The van der Waals surface area contributed by atoms with Crippen molar-refractivity contribution in [1.82, 2.24) is 9.80 Å². The number of benzene rings is 1. The van der Waals surface area contributed by atoms with Gasteiger partial charge in [0.25, 0.3) is 0 Å². The molecule has 144 valence electrons. The standard InChI is InChI=1S/C21H30F2N2O/c1-2-3-7-20(26)25-13-10-17(15-25)16-8-11-24(12-9-16)14-18-5-4-6-19(22)21(18)23/h4-6,16-17H,2-3,7-15H2,1H3/t17-/m0/s1. The first kappa shape index (κ1) is 19.3. The van der Waals surface area contributed by atoms with Crippen LogP contribution in [-0.2, 0) is 11.3 Å². The van der Waals surface area contributed by atoms with Crippen LogP contribution in [-0.4, -0.2) is 41.9 Å². The average Bonchev–Trinajstić information content (AvgIpc) is 3.14. The van der Waals surface area contributed by atoms with Crippen molar-refractivity contribution in [3.63, 3.8) is 0 Å². The summed E-state index contributed by atoms with van der Waals surface area (Å²) in [6, 6.07) is 4.41. The van der Waals surface area contributed by atoms with Crippen molar-refractivity contribution in [3.05, 3.63) is 35.4 Å². The molecule has 1 aromatic carbocycles. The number of carbonyl (C=O) groups excluding carboxylic acids is 1. The van der Waals surface area contributed by atoms with Crippen LogP contribution in [0.25, 0.3) is 0 Å². The van der Waals surface area contributed by atoms with Gasteiger partial charge in [-0.1, -0.05) is 25.5 Å². The maximum Gasteiger partial charge on any atom is 0.222 e. The van der Waals surface area contributed by atoms with E-state index in [1.54, 1.807) is 12.1 Å². The molecule has 26 heavy (non-hydrogen) atoms. The van der Waals surface area contributed by atoms with Crippen molar-refractivity contribution in [2.75, 3.05) is 26.2 Å². The molecular formula is C21H30F2N2O. The van der Waals surface area contributed by atoms with E-state index in [0.29, 0.717) is 36.3 Å². The van der Waals surface area contributed by atoms with Gasteiger partial charge < -0.3 is 4.90 Å². The summed E-state index contributed by atoms with van der Waals surface area (Å²) in [7, 11) is 0. The maximum absolute atomic E-state index is 13.8. The molecule has 2 saturated heterocycles. The molecular weight excluding hydrogens is 334 g/mol. The molecule has 2 fully saturated rings. The van der Waals surface area contributed by atoms with E-state index in [0.717, 1.165) is 58.3 Å². The fraction of sp³-hybridized carbons (Fsp3) is 0.667. The van der Waals surface area contributed by atoms with Crippen molar-refractivity contribution in [2.45, 2.75) is 52.0 Å². The van der Waals surface area contributed by atoms with Gasteiger partial charge in [0, 0.05) is 31.6 Å². The van der Waals surface area contributed by atoms with E-state index in [2.05, 4.69) is 16.7 Å². The molecule has 0 aliphatic carbocycles. The first-order valence-electron chi connectivity index (χ1n) is 10.0. The van der Waals surface area contributed by atoms with E-state index in [4.69, 9.17) is 0 Å². The zero-order chi connectivity index (χ0) is 18.5. The molecule has 0 saturated carbocycles. The topological polar surface area (TPSA) is 23.6 Å². The number of amides is 1. The number of unbranched alkanes of at least 4 members (excludes halogenated alkanes) is 1. The van der Waals surface area contributed by atoms with Crippen molar-refractivity contribution in [3.8, 4) is 0 Å². The Bertz CT molecular complexity index is 614. The quantitative estimate of drug-likeness (QED) is 0.755. The number of hydrogen-bond donors (Lipinski definition) is 0. The Hall–Kier alpha value is -1.49. The lowest BCUT2D eigenvalue weighted by atomic mass is 9.83. The van der Waals surface area contributed by atoms with Crippen LogP contribution in [0.4, 0.5) is 8.78 Å². The largest absolute Gasteiger partial charge is 0.342 e. The van der Waals surface area contributed by atoms with Crippen LogP contribution in [0.5, 0.6) is 0 Å². The lowest BCUT2D eigenvalue weighted by Crippen LogP contribution is -2.37. The third-order valence-corrected chi connectivity index (χ3v) is 6.05. The molecule has 0 N–H and O–H groups in total. The van der Waals surface area contributed by atoms with Gasteiger partial charge in [0.2, 0.25) is 5.91 Å². The summed E-state index contributed by atoms with van der Waals surface area (Å²) < 4.78 is 27.2. The number of carbonyl (C=O) groups is 1. The van der Waals surface area contributed by atoms with E-state index in [9.17, 15) is 13.6 Å². The van der Waals surface area contributed by atoms with Crippen LogP contribution in [0.15, 0.2) is 18.2 Å². The lowest BCUT2D eigenvalue weighted by Gasteiger charge is -2.35. The van der Waals surface area contributed by atoms with Gasteiger partial charge in [-0.05, 0) is 56.7 Å². The van der Waals surface area contributed by atoms with Crippen LogP contribution in [0.2, 0.25) is 0 Å². The van der Waals surface area contributed by atoms with E-state index in [-0.39, 0.29) is 0 Å². The van der Waals surface area contributed by atoms with Crippen LogP contribution in [0.1, 0.15) is 51.0 Å². The first-order chi connectivity index (χ1) is 12.6. The Balaban J connectivity index is 1.45. The second-order valence-corrected chi connectivity index (χ2v) is 7.82. The molecule has 2 aliphatic heterocycles. The molecule has 0 radical (unpaired) electrons. The molecule has 5 heteroatoms. The first-order valence-corrected chi connectivity index (χ1v) is 10.0. The molecule has 2 heterocycles. The normalized spacial score (nSPS) is 22.1. The van der Waals surface area contributed by atoms with Gasteiger partial charge in [-0.2, -0.15) is 0 Å². The molecule has 1 aromatic rings. The molecule has 1 atom stereocenters. The minimum absolute atomic E-state index is 0.313. The van der Waals surface area contributed by atoms with Gasteiger partial charge in [0.05, 0.1) is 0 Å². The summed E-state index contributed by atoms with van der Waals surface area (Å²) in [5.41, 5.74) is 0.442. The van der Waals surface area contributed by atoms with Gasteiger partial charge in [0.1, 0.15) is 0 Å². The van der Waals surface area contributed by atoms with Gasteiger partial charge >= 0.3 is 0 Å². The van der Waals surface area contributed by atoms with Gasteiger partial charge in [-0.25, -0.2) is 8.78 Å². The summed E-state index contributed by atoms with van der Waals surface area (Å²) in [5, 5.41) is 0. The SMILES string of the molecule is CCCCC(=O)N1CC[C@H](C2CCN(Cc3cccc(F)c3F)CC2)C1. The summed E-state index contributed by atoms with van der Waals surface area (Å²) in [6.07, 6.45) is 6.00. The lowest BCUT2D eigenvalue weighted by molar-refractivity contribution is -0.130. The number of halogens is 2. The van der Waals surface area contributed by atoms with Crippen LogP contribution in [0.3, 0.4) is 0 Å². The Labute approximate surface area is 155 Å². The highest BCUT2D eigenvalue weighted by Crippen LogP contribution is 2.32. The van der Waals surface area contributed by atoms with E-state index < -0.39 is 11.6 Å². The molecule has 0 aromatic heterocycles. The third-order valence-electron chi connectivity index (χ3n) is 6.05. The van der Waals surface area contributed by atoms with Crippen molar-refractivity contribution >= 4 is 5.91 Å². The summed E-state index contributed by atoms with van der Waals surface area (Å²) >= 11 is 0. The molecule has 0 unspecified atom stereocenters. The van der Waals surface area contributed by atoms with E-state index in [1.165, 1.54) is 6.07 Å². The minimum atomic E-state index is -0.767. The number of rotatable bonds is 6. The molecule has 2 aliphatic rings. The number of likely N-dealkylation sites (tertiary alicyclic amines) is 2. The zero-order valence-electron chi connectivity index (χ0n) is 15.7. The van der Waals surface area contributed by atoms with Crippen LogP contribution in [0, 0.1) is 23.5 Å². The summed E-state index contributed by atoms with van der Waals surface area (Å²) in [4.78, 5) is 16.5. The molecule has 3 nitrogen and oxygen atoms in total. The Morgan fingerprint density at radius 1 is 1.12 bits per heavy atom. The fourth-order valence-electron chi connectivity index (χ4n) is 4.38. The summed E-state index contributed by atoms with van der Waals surface area (Å²) in [5.74, 6) is 0.0809. The second kappa shape index (κ2) is 8.94. The Kier molecular flexibility index (Phi) is 6.63. The van der Waals surface area contributed by atoms with Crippen molar-refractivity contribution < 1.29 is 13.6 Å². The third kappa shape index (κ3) is 4.61. The van der Waals surface area contributed by atoms with E-state index >= 15 is 0 Å². The molecule has 1 amide bonds. The Morgan fingerprint density at radius 2 is 1.85 bits per heavy atom. The van der Waals surface area contributed by atoms with E-state index in [1.807, 2.05) is 0 Å². The number of hydrogen-bond acceptors (Lipinski definition) is 2. The minimum Gasteiger partial charge on any atom is -0.342 e. The molecule has 0 spiro atoms. The number of piperidine rings is 1. The fourth-order valence-corrected chi connectivity index (χ4v) is 4.38. The van der Waals surface area contributed by atoms with Gasteiger partial charge in [-0.15, -0.1) is 0 Å². The summed E-state index contributed by atoms with van der Waals surface area (Å²) in [6.45, 7) is 6.24. The second-order valence-electron chi connectivity index (χ2n) is 7.82. The molecule has 0 bridgehead atoms. The average molecular weight is 364 g/mol. The monoisotopic (exact) mass is 364 g/mol. The maximum atomic E-state index is 13.8. The van der Waals surface area contributed by atoms with Crippen LogP contribution < -0.4 is 0 Å². The van der Waals surface area contributed by atoms with Gasteiger partial charge in [0.15, 0.2) is 11.6 Å². The highest BCUT2D eigenvalue weighted by molar-refractivity contribution is 5.76. The van der Waals surface area contributed by atoms with Crippen molar-refractivity contribution in [1.29, 1.82) is 0 Å². The number of nitrogens with zero attached hydrogens (tertiary/aromatic N) is 2. The van der Waals surface area contributed by atoms with Crippen LogP contribution >= 0.6 is 0 Å². The highest BCUT2D eigenvalue weighted by Gasteiger charge is 2.33. The van der Waals surface area contributed by atoms with Gasteiger partial charge in [-0.3, -0.25) is 9.69 Å². The smallest absolute Gasteiger partial charge is 0.222 e. The predicted molar refractivity (Wildman–Crippen MR) is 98.6 cm³/mol. The Morgan fingerprint density at radius 3 is 2.58 bits per heavy atom.